The van der Waals surface area contributed by atoms with Gasteiger partial charge in [-0.2, -0.15) is 0 Å². The number of rotatable bonds is 1. The van der Waals surface area contributed by atoms with E-state index < -0.39 is 0 Å². The van der Waals surface area contributed by atoms with Gasteiger partial charge in [0.25, 0.3) is 0 Å². The van der Waals surface area contributed by atoms with Gasteiger partial charge in [-0.15, -0.1) is 0 Å². The Morgan fingerprint density at radius 2 is 1.19 bits per heavy atom. The molecule has 6 aromatic carbocycles. The van der Waals surface area contributed by atoms with E-state index in [-0.39, 0.29) is 12.7 Å². The number of nitrogens with zero attached hydrogens (tertiary/aromatic N) is 2. The zero-order chi connectivity index (χ0) is 24.2. The molecule has 0 spiro atoms. The molecular weight excluding hydrogens is 451 g/mol. The fourth-order valence-corrected chi connectivity index (χ4v) is 6.90. The number of carbonyl (C=O) groups is 1. The van der Waals surface area contributed by atoms with Gasteiger partial charge in [-0.1, -0.05) is 109 Å². The Hall–Kier alpha value is -4.83. The predicted molar refractivity (Wildman–Crippen MR) is 154 cm³/mol. The molecule has 2 amide bonds. The van der Waals surface area contributed by atoms with Crippen molar-refractivity contribution in [3.05, 3.63) is 115 Å². The van der Waals surface area contributed by atoms with Crippen molar-refractivity contribution in [2.75, 3.05) is 9.80 Å². The molecule has 0 aliphatic carbocycles. The fourth-order valence-electron chi connectivity index (χ4n) is 6.90. The van der Waals surface area contributed by atoms with Crippen LogP contribution in [-0.4, -0.2) is 12.7 Å². The number of para-hydroxylation sites is 1. The normalized spacial score (nSPS) is 14.4. The van der Waals surface area contributed by atoms with Crippen molar-refractivity contribution in [2.24, 2.45) is 0 Å². The fraction of sp³-hybridized carbons (Fsp3) is 0. The summed E-state index contributed by atoms with van der Waals surface area (Å²) in [4.78, 5) is 18.6. The molecule has 0 atom stereocenters. The lowest BCUT2D eigenvalue weighted by Gasteiger charge is -2.45. The van der Waals surface area contributed by atoms with Crippen LogP contribution in [0.5, 0.6) is 0 Å². The molecule has 4 heteroatoms. The average molecular weight is 470 g/mol. The lowest BCUT2D eigenvalue weighted by molar-refractivity contribution is 0.255. The first kappa shape index (κ1) is 19.4. The third-order valence-corrected chi connectivity index (χ3v) is 8.34. The lowest BCUT2D eigenvalue weighted by Crippen LogP contribution is -2.60. The first-order valence-electron chi connectivity index (χ1n) is 12.7. The number of benzene rings is 6. The highest BCUT2D eigenvalue weighted by atomic mass is 16.2. The molecule has 0 saturated heterocycles. The molecule has 3 heterocycles. The largest absolute Gasteiger partial charge is 0.338 e. The molecule has 3 aliphatic heterocycles. The van der Waals surface area contributed by atoms with Gasteiger partial charge in [0.15, 0.2) is 0 Å². The van der Waals surface area contributed by atoms with E-state index in [1.807, 2.05) is 15.9 Å². The summed E-state index contributed by atoms with van der Waals surface area (Å²) in [6.07, 6.45) is 0. The summed E-state index contributed by atoms with van der Waals surface area (Å²) in [6.45, 7) is 0.0579. The van der Waals surface area contributed by atoms with E-state index in [0.29, 0.717) is 0 Å². The zero-order valence-corrected chi connectivity index (χ0v) is 19.8. The van der Waals surface area contributed by atoms with Crippen molar-refractivity contribution in [1.82, 2.24) is 0 Å². The molecule has 0 N–H and O–H groups in total. The number of hydrogen-bond donors (Lipinski definition) is 0. The topological polar surface area (TPSA) is 23.6 Å². The van der Waals surface area contributed by atoms with Crippen LogP contribution in [0.4, 0.5) is 27.5 Å². The Morgan fingerprint density at radius 3 is 2.08 bits per heavy atom. The van der Waals surface area contributed by atoms with Gasteiger partial charge in [0.05, 0.1) is 17.1 Å². The van der Waals surface area contributed by atoms with Crippen LogP contribution in [0.25, 0.3) is 32.7 Å². The van der Waals surface area contributed by atoms with E-state index in [4.69, 9.17) is 0 Å². The quantitative estimate of drug-likeness (QED) is 0.262. The Bertz CT molecular complexity index is 1980. The van der Waals surface area contributed by atoms with E-state index in [2.05, 4.69) is 109 Å². The van der Waals surface area contributed by atoms with Crippen LogP contribution < -0.4 is 26.2 Å². The molecule has 0 radical (unpaired) electrons. The average Bonchev–Trinajstić information content (AvgIpc) is 2.95. The second kappa shape index (κ2) is 6.68. The summed E-state index contributed by atoms with van der Waals surface area (Å²) in [5.74, 6) is 0. The number of amides is 2. The Labute approximate surface area is 214 Å². The maximum atomic E-state index is 14.7. The van der Waals surface area contributed by atoms with Crippen LogP contribution >= 0.6 is 0 Å². The number of anilines is 4. The number of urea groups is 1. The van der Waals surface area contributed by atoms with E-state index >= 15 is 0 Å². The molecule has 3 aliphatic rings. The highest BCUT2D eigenvalue weighted by Gasteiger charge is 2.45. The summed E-state index contributed by atoms with van der Waals surface area (Å²) in [6, 6.07) is 40.6. The number of fused-ring (bicyclic) bond motifs is 4. The highest BCUT2D eigenvalue weighted by Crippen LogP contribution is 2.55. The molecule has 37 heavy (non-hydrogen) atoms. The number of hydrogen-bond acceptors (Lipinski definition) is 1. The predicted octanol–water partition coefficient (Wildman–Crippen LogP) is 6.21. The van der Waals surface area contributed by atoms with Gasteiger partial charge in [0.1, 0.15) is 0 Å². The van der Waals surface area contributed by atoms with Crippen molar-refractivity contribution >= 4 is 73.4 Å². The molecule has 9 rings (SSSR count). The van der Waals surface area contributed by atoms with E-state index in [0.717, 1.165) is 55.3 Å². The molecule has 0 bridgehead atoms. The van der Waals surface area contributed by atoms with Gasteiger partial charge < -0.3 is 0 Å². The monoisotopic (exact) mass is 470 g/mol. The molecule has 6 aromatic rings. The van der Waals surface area contributed by atoms with Gasteiger partial charge in [0, 0.05) is 22.0 Å². The molecule has 170 valence electrons. The molecule has 0 aromatic heterocycles. The third-order valence-electron chi connectivity index (χ3n) is 8.34. The molecule has 0 saturated carbocycles. The first-order chi connectivity index (χ1) is 18.3. The lowest BCUT2D eigenvalue weighted by atomic mass is 9.35. The van der Waals surface area contributed by atoms with E-state index in [9.17, 15) is 4.79 Å². The summed E-state index contributed by atoms with van der Waals surface area (Å²) in [5.41, 5.74) is 9.83. The Kier molecular flexibility index (Phi) is 3.50. The first-order valence-corrected chi connectivity index (χ1v) is 12.7. The summed E-state index contributed by atoms with van der Waals surface area (Å²) >= 11 is 0. The van der Waals surface area contributed by atoms with Crippen molar-refractivity contribution in [2.45, 2.75) is 0 Å². The second-order valence-electron chi connectivity index (χ2n) is 10.1. The van der Waals surface area contributed by atoms with Gasteiger partial charge in [-0.25, -0.2) is 4.79 Å². The SMILES string of the molecule is O=C1N2c3ccccc3B(c3ccccc3)c3ccc4ccc5c(c4c32)N1c1cccc2cccc-5c12. The zero-order valence-electron chi connectivity index (χ0n) is 19.8. The third kappa shape index (κ3) is 2.27. The molecular formula is C33H19BN2O. The van der Waals surface area contributed by atoms with Crippen LogP contribution in [-0.2, 0) is 0 Å². The maximum Gasteiger partial charge on any atom is 0.338 e. The molecule has 3 nitrogen and oxygen atoms in total. The maximum absolute atomic E-state index is 14.7. The number of carbonyl (C=O) groups excluding carboxylic acids is 1. The van der Waals surface area contributed by atoms with Gasteiger partial charge >= 0.3 is 6.03 Å². The van der Waals surface area contributed by atoms with Gasteiger partial charge in [0.2, 0.25) is 6.71 Å². The highest BCUT2D eigenvalue weighted by molar-refractivity contribution is 6.98. The van der Waals surface area contributed by atoms with Crippen LogP contribution in [0.2, 0.25) is 0 Å². The Balaban J connectivity index is 1.48. The van der Waals surface area contributed by atoms with Gasteiger partial charge in [-0.3, -0.25) is 9.80 Å². The minimum absolute atomic E-state index is 0.0188. The van der Waals surface area contributed by atoms with E-state index in [1.165, 1.54) is 16.5 Å². The van der Waals surface area contributed by atoms with Crippen LogP contribution in [0, 0.1) is 0 Å². The summed E-state index contributed by atoms with van der Waals surface area (Å²) in [5, 5.41) is 4.59. The second-order valence-corrected chi connectivity index (χ2v) is 10.1. The van der Waals surface area contributed by atoms with Crippen molar-refractivity contribution in [3.63, 3.8) is 0 Å². The van der Waals surface area contributed by atoms with Gasteiger partial charge in [-0.05, 0) is 39.4 Å². The minimum Gasteiger partial charge on any atom is -0.263 e. The molecule has 0 fully saturated rings. The Morgan fingerprint density at radius 1 is 0.486 bits per heavy atom. The van der Waals surface area contributed by atoms with Crippen LogP contribution in [0.1, 0.15) is 0 Å². The smallest absolute Gasteiger partial charge is 0.263 e. The summed E-state index contributed by atoms with van der Waals surface area (Å²) in [7, 11) is 0. The standard InChI is InChI=1S/C33H19BN2O/c37-33-35-27-14-5-4-13-25(27)34(22-10-2-1-3-11-22)26-19-17-21-16-18-24-23-12-6-8-20-9-7-15-28(29(20)23)36(33)31(24)30(21)32(26)35/h1-19H. The van der Waals surface area contributed by atoms with Crippen molar-refractivity contribution < 1.29 is 4.79 Å². The molecule has 0 unspecified atom stereocenters. The van der Waals surface area contributed by atoms with E-state index in [1.54, 1.807) is 0 Å². The van der Waals surface area contributed by atoms with Crippen LogP contribution in [0.3, 0.4) is 0 Å². The van der Waals surface area contributed by atoms with Crippen molar-refractivity contribution in [1.29, 1.82) is 0 Å². The minimum atomic E-state index is -0.0188. The summed E-state index contributed by atoms with van der Waals surface area (Å²) < 4.78 is 0. The van der Waals surface area contributed by atoms with Crippen LogP contribution in [0.15, 0.2) is 115 Å². The van der Waals surface area contributed by atoms with Crippen molar-refractivity contribution in [3.8, 4) is 11.1 Å².